The van der Waals surface area contributed by atoms with E-state index >= 15 is 0 Å². The fourth-order valence-corrected chi connectivity index (χ4v) is 10.9. The van der Waals surface area contributed by atoms with E-state index in [0.717, 1.165) is 83.5 Å². The third kappa shape index (κ3) is 69.8. The molecule has 484 valence electrons. The van der Waals surface area contributed by atoms with Crippen LogP contribution >= 0.6 is 0 Å². The minimum absolute atomic E-state index is 0.0770. The molecule has 0 aliphatic carbocycles. The van der Waals surface area contributed by atoms with E-state index in [0.29, 0.717) is 19.3 Å². The minimum atomic E-state index is -0.783. The number of rotatable bonds is 68. The molecule has 83 heavy (non-hydrogen) atoms. The van der Waals surface area contributed by atoms with E-state index in [9.17, 15) is 14.4 Å². The highest BCUT2D eigenvalue weighted by atomic mass is 16.6. The van der Waals surface area contributed by atoms with Crippen molar-refractivity contribution in [2.75, 3.05) is 13.2 Å². The Bertz CT molecular complexity index is 1470. The van der Waals surface area contributed by atoms with Gasteiger partial charge in [0, 0.05) is 19.3 Å². The Balaban J connectivity index is 4.31. The van der Waals surface area contributed by atoms with Crippen molar-refractivity contribution in [3.05, 3.63) is 60.8 Å². The van der Waals surface area contributed by atoms with Gasteiger partial charge in [0.05, 0.1) is 0 Å². The monoisotopic (exact) mass is 1160 g/mol. The van der Waals surface area contributed by atoms with Crippen molar-refractivity contribution in [1.82, 2.24) is 0 Å². The molecule has 6 nitrogen and oxygen atoms in total. The molecular weight excluding hydrogens is 1020 g/mol. The van der Waals surface area contributed by atoms with Gasteiger partial charge in [0.1, 0.15) is 13.2 Å². The van der Waals surface area contributed by atoms with Gasteiger partial charge in [-0.3, -0.25) is 14.4 Å². The zero-order valence-electron chi connectivity index (χ0n) is 55.7. The van der Waals surface area contributed by atoms with Gasteiger partial charge in [-0.1, -0.05) is 326 Å². The number of hydrogen-bond donors (Lipinski definition) is 0. The van der Waals surface area contributed by atoms with Crippen LogP contribution in [0.5, 0.6) is 0 Å². The van der Waals surface area contributed by atoms with E-state index in [1.807, 2.05) is 0 Å². The fourth-order valence-electron chi connectivity index (χ4n) is 10.9. The van der Waals surface area contributed by atoms with Gasteiger partial charge in [-0.15, -0.1) is 0 Å². The van der Waals surface area contributed by atoms with E-state index < -0.39 is 6.10 Å². The summed E-state index contributed by atoms with van der Waals surface area (Å²) in [5, 5.41) is 0. The van der Waals surface area contributed by atoms with Gasteiger partial charge < -0.3 is 14.2 Å². The molecule has 0 rings (SSSR count). The van der Waals surface area contributed by atoms with Crippen LogP contribution in [0.4, 0.5) is 0 Å². The summed E-state index contributed by atoms with van der Waals surface area (Å²) in [4.78, 5) is 38.5. The number of carbonyl (C=O) groups excluding carboxylic acids is 3. The van der Waals surface area contributed by atoms with Crippen LogP contribution in [0.25, 0.3) is 0 Å². The average molecular weight is 1160 g/mol. The van der Waals surface area contributed by atoms with Gasteiger partial charge in [0.15, 0.2) is 6.10 Å². The van der Waals surface area contributed by atoms with Gasteiger partial charge >= 0.3 is 17.9 Å². The number of unbranched alkanes of at least 4 members (excludes halogenated alkanes) is 47. The second-order valence-electron chi connectivity index (χ2n) is 24.8. The predicted octanol–water partition coefficient (Wildman–Crippen LogP) is 25.5. The SMILES string of the molecule is CCCCC/C=C\C/C=C\C/C=C\CCCCCCCCC(=O)OC(COC(=O)CCCCCCCCCCC/C=C\CCCCCCCC)COC(=O)CCCCCCCCCCCCCCCCC/C=C\CCCCCCCCCC. The zero-order chi connectivity index (χ0) is 59.9. The molecule has 0 spiro atoms. The highest BCUT2D eigenvalue weighted by Gasteiger charge is 2.19. The maximum absolute atomic E-state index is 13.0. The van der Waals surface area contributed by atoms with Crippen LogP contribution < -0.4 is 0 Å². The lowest BCUT2D eigenvalue weighted by molar-refractivity contribution is -0.167. The first-order chi connectivity index (χ1) is 41.0. The molecule has 0 saturated heterocycles. The molecule has 0 saturated carbocycles. The zero-order valence-corrected chi connectivity index (χ0v) is 55.7. The molecule has 0 fully saturated rings. The summed E-state index contributed by atoms with van der Waals surface area (Å²) in [6.45, 7) is 6.66. The Kier molecular flexibility index (Phi) is 69.1. The Morgan fingerprint density at radius 2 is 0.434 bits per heavy atom. The first kappa shape index (κ1) is 80.1. The molecule has 0 aliphatic heterocycles. The number of ether oxygens (including phenoxy) is 3. The van der Waals surface area contributed by atoms with Crippen LogP contribution in [0.2, 0.25) is 0 Å². The van der Waals surface area contributed by atoms with Gasteiger partial charge in [0.25, 0.3) is 0 Å². The summed E-state index contributed by atoms with van der Waals surface area (Å²) in [6, 6.07) is 0. The van der Waals surface area contributed by atoms with Crippen LogP contribution in [-0.4, -0.2) is 37.2 Å². The summed E-state index contributed by atoms with van der Waals surface area (Å²) >= 11 is 0. The fraction of sp³-hybridized carbons (Fsp3) is 0.831. The Hall–Kier alpha value is -2.89. The van der Waals surface area contributed by atoms with Crippen molar-refractivity contribution in [3.8, 4) is 0 Å². The highest BCUT2D eigenvalue weighted by molar-refractivity contribution is 5.71. The van der Waals surface area contributed by atoms with E-state index in [4.69, 9.17) is 14.2 Å². The standard InChI is InChI=1S/C77H140O6/c1-4-7-10-13-16-19-22-25-28-31-34-35-36-37-38-39-40-41-44-46-49-52-55-58-61-64-67-70-76(79)82-73-74(83-77(80)71-68-65-62-59-56-53-50-47-43-33-30-27-24-21-18-15-12-9-6-3)72-81-75(78)69-66-63-60-57-54-51-48-45-42-32-29-26-23-20-17-14-11-8-5-2/h18,21,26-27,29-31,34,43,47,74H,4-17,19-20,22-25,28,32-33,35-42,44-46,48-73H2,1-3H3/b21-18-,29-26-,30-27-,34-31-,47-43-. The third-order valence-electron chi connectivity index (χ3n) is 16.5. The summed E-state index contributed by atoms with van der Waals surface area (Å²) in [7, 11) is 0. The summed E-state index contributed by atoms with van der Waals surface area (Å²) < 4.78 is 17.0. The van der Waals surface area contributed by atoms with E-state index in [1.54, 1.807) is 0 Å². The molecule has 0 aliphatic rings. The van der Waals surface area contributed by atoms with Gasteiger partial charge in [-0.25, -0.2) is 0 Å². The highest BCUT2D eigenvalue weighted by Crippen LogP contribution is 2.18. The van der Waals surface area contributed by atoms with E-state index in [2.05, 4.69) is 81.5 Å². The van der Waals surface area contributed by atoms with E-state index in [1.165, 1.54) is 270 Å². The van der Waals surface area contributed by atoms with E-state index in [-0.39, 0.29) is 31.1 Å². The molecule has 0 aromatic rings. The Morgan fingerprint density at radius 3 is 0.711 bits per heavy atom. The molecule has 0 bridgehead atoms. The van der Waals surface area contributed by atoms with Crippen molar-refractivity contribution < 1.29 is 28.6 Å². The first-order valence-corrected chi connectivity index (χ1v) is 36.8. The largest absolute Gasteiger partial charge is 0.462 e. The van der Waals surface area contributed by atoms with Crippen LogP contribution in [0.1, 0.15) is 393 Å². The number of hydrogen-bond acceptors (Lipinski definition) is 6. The molecule has 0 amide bonds. The van der Waals surface area contributed by atoms with Crippen molar-refractivity contribution in [2.45, 2.75) is 399 Å². The lowest BCUT2D eigenvalue weighted by Gasteiger charge is -2.18. The molecule has 6 heteroatoms. The summed E-state index contributed by atoms with van der Waals surface area (Å²) in [5.74, 6) is -0.867. The van der Waals surface area contributed by atoms with Crippen LogP contribution in [0, 0.1) is 0 Å². The molecule has 1 unspecified atom stereocenters. The van der Waals surface area contributed by atoms with Crippen molar-refractivity contribution in [3.63, 3.8) is 0 Å². The number of allylic oxidation sites excluding steroid dienone is 10. The molecular formula is C77H140O6. The Morgan fingerprint density at radius 1 is 0.241 bits per heavy atom. The van der Waals surface area contributed by atoms with Gasteiger partial charge in [-0.05, 0) is 109 Å². The quantitative estimate of drug-likeness (QED) is 0.0261. The second-order valence-corrected chi connectivity index (χ2v) is 24.8. The summed E-state index contributed by atoms with van der Waals surface area (Å²) in [5.41, 5.74) is 0. The lowest BCUT2D eigenvalue weighted by atomic mass is 10.0. The van der Waals surface area contributed by atoms with Gasteiger partial charge in [0.2, 0.25) is 0 Å². The maximum atomic E-state index is 13.0. The van der Waals surface area contributed by atoms with Crippen molar-refractivity contribution >= 4 is 17.9 Å². The van der Waals surface area contributed by atoms with Crippen molar-refractivity contribution in [2.24, 2.45) is 0 Å². The predicted molar refractivity (Wildman–Crippen MR) is 362 cm³/mol. The van der Waals surface area contributed by atoms with Crippen molar-refractivity contribution in [1.29, 1.82) is 0 Å². The molecule has 0 aromatic heterocycles. The summed E-state index contributed by atoms with van der Waals surface area (Å²) in [6.07, 6.45) is 92.5. The normalized spacial score (nSPS) is 12.4. The van der Waals surface area contributed by atoms with Crippen LogP contribution in [0.15, 0.2) is 60.8 Å². The maximum Gasteiger partial charge on any atom is 0.306 e. The topological polar surface area (TPSA) is 78.9 Å². The second kappa shape index (κ2) is 71.6. The number of carbonyl (C=O) groups is 3. The third-order valence-corrected chi connectivity index (χ3v) is 16.5. The minimum Gasteiger partial charge on any atom is -0.462 e. The van der Waals surface area contributed by atoms with Crippen LogP contribution in [-0.2, 0) is 28.6 Å². The molecule has 0 N–H and O–H groups in total. The molecule has 0 heterocycles. The van der Waals surface area contributed by atoms with Crippen LogP contribution in [0.3, 0.4) is 0 Å². The lowest BCUT2D eigenvalue weighted by Crippen LogP contribution is -2.30. The number of esters is 3. The smallest absolute Gasteiger partial charge is 0.306 e. The first-order valence-electron chi connectivity index (χ1n) is 36.8. The molecule has 1 atom stereocenters. The average Bonchev–Trinajstić information content (AvgIpc) is 3.50. The molecule has 0 radical (unpaired) electrons. The van der Waals surface area contributed by atoms with Gasteiger partial charge in [-0.2, -0.15) is 0 Å². The molecule has 0 aromatic carbocycles. The Labute approximate surface area is 517 Å².